The summed E-state index contributed by atoms with van der Waals surface area (Å²) in [6.45, 7) is 0.790. The van der Waals surface area contributed by atoms with Crippen LogP contribution in [0.15, 0.2) is 63.5 Å². The van der Waals surface area contributed by atoms with E-state index in [-0.39, 0.29) is 36.1 Å². The van der Waals surface area contributed by atoms with Gasteiger partial charge in [0.15, 0.2) is 0 Å². The average Bonchev–Trinajstić information content (AvgIpc) is 2.80. The lowest BCUT2D eigenvalue weighted by molar-refractivity contribution is -0.219. The van der Waals surface area contributed by atoms with Crippen molar-refractivity contribution in [2.45, 2.75) is 10.7 Å². The van der Waals surface area contributed by atoms with E-state index in [2.05, 4.69) is 4.40 Å². The minimum Gasteiger partial charge on any atom is -0.497 e. The highest BCUT2D eigenvalue weighted by Crippen LogP contribution is 2.42. The van der Waals surface area contributed by atoms with Gasteiger partial charge in [0.1, 0.15) is 16.4 Å². The molecule has 1 aliphatic heterocycles. The summed E-state index contributed by atoms with van der Waals surface area (Å²) in [6.07, 6.45) is 1.49. The zero-order valence-corrected chi connectivity index (χ0v) is 18.5. The summed E-state index contributed by atoms with van der Waals surface area (Å²) in [5, 5.41) is 20.8. The topological polar surface area (TPSA) is 118 Å². The van der Waals surface area contributed by atoms with Crippen LogP contribution in [0, 0.1) is 0 Å². The third-order valence-corrected chi connectivity index (χ3v) is 6.75. The van der Waals surface area contributed by atoms with E-state index in [4.69, 9.17) is 14.2 Å². The van der Waals surface area contributed by atoms with Gasteiger partial charge in [0, 0.05) is 30.3 Å². The number of ether oxygens (including phenoxy) is 3. The third-order valence-electron chi connectivity index (χ3n) is 5.44. The number of sulfonamides is 1. The van der Waals surface area contributed by atoms with Gasteiger partial charge in [-0.1, -0.05) is 24.3 Å². The first-order chi connectivity index (χ1) is 15.3. The van der Waals surface area contributed by atoms with Gasteiger partial charge in [-0.15, -0.1) is 0 Å². The molecule has 1 unspecified atom stereocenters. The molecule has 1 heterocycles. The molecule has 9 nitrogen and oxygen atoms in total. The summed E-state index contributed by atoms with van der Waals surface area (Å²) in [5.41, 5.74) is 1.27. The Morgan fingerprint density at radius 3 is 2.69 bits per heavy atom. The van der Waals surface area contributed by atoms with Gasteiger partial charge in [-0.05, 0) is 18.2 Å². The van der Waals surface area contributed by atoms with Crippen LogP contribution in [0.5, 0.6) is 11.5 Å². The number of aliphatic hydroxyl groups is 2. The number of methoxy groups -OCH3 is 2. The second-order valence-corrected chi connectivity index (χ2v) is 8.82. The van der Waals surface area contributed by atoms with Crippen molar-refractivity contribution in [1.29, 1.82) is 0 Å². The van der Waals surface area contributed by atoms with E-state index in [1.807, 2.05) is 0 Å². The molecule has 0 bridgehead atoms. The van der Waals surface area contributed by atoms with Crippen LogP contribution in [0.1, 0.15) is 11.1 Å². The maximum atomic E-state index is 13.3. The lowest BCUT2D eigenvalue weighted by Crippen LogP contribution is -2.50. The normalized spacial score (nSPS) is 21.6. The molecule has 1 fully saturated rings. The van der Waals surface area contributed by atoms with Crippen LogP contribution >= 0.6 is 0 Å². The smallest absolute Gasteiger partial charge is 0.286 e. The molecule has 1 aliphatic carbocycles. The first-order valence-electron chi connectivity index (χ1n) is 9.95. The molecular formula is C22H24N2O7S. The van der Waals surface area contributed by atoms with Crippen LogP contribution in [0.2, 0.25) is 0 Å². The molecule has 10 heteroatoms. The fraction of sp³-hybridized carbons (Fsp3) is 0.318. The molecule has 0 radical (unpaired) electrons. The summed E-state index contributed by atoms with van der Waals surface area (Å²) < 4.78 is 46.8. The zero-order chi connectivity index (χ0) is 22.9. The minimum atomic E-state index is -4.22. The van der Waals surface area contributed by atoms with Crippen molar-refractivity contribution in [1.82, 2.24) is 4.90 Å². The van der Waals surface area contributed by atoms with Crippen molar-refractivity contribution in [3.8, 4) is 11.5 Å². The molecule has 32 heavy (non-hydrogen) atoms. The highest BCUT2D eigenvalue weighted by atomic mass is 32.2. The molecule has 2 aromatic carbocycles. The number of hydrogen-bond donors (Lipinski definition) is 2. The van der Waals surface area contributed by atoms with Gasteiger partial charge in [0.2, 0.25) is 5.79 Å². The molecule has 4 rings (SSSR count). The highest BCUT2D eigenvalue weighted by Gasteiger charge is 2.46. The molecule has 1 atom stereocenters. The van der Waals surface area contributed by atoms with Gasteiger partial charge in [0.25, 0.3) is 10.0 Å². The fourth-order valence-corrected chi connectivity index (χ4v) is 5.10. The Bertz CT molecular complexity index is 1190. The van der Waals surface area contributed by atoms with Crippen molar-refractivity contribution < 1.29 is 32.8 Å². The predicted octanol–water partition coefficient (Wildman–Crippen LogP) is 1.25. The van der Waals surface area contributed by atoms with Crippen LogP contribution in [0.4, 0.5) is 0 Å². The Hall–Kier alpha value is -2.92. The fourth-order valence-electron chi connectivity index (χ4n) is 3.92. The maximum absolute atomic E-state index is 13.3. The third kappa shape index (κ3) is 3.75. The molecule has 2 aromatic rings. The number of nitrogens with zero attached hydrogens (tertiary/aromatic N) is 2. The van der Waals surface area contributed by atoms with Gasteiger partial charge in [0.05, 0.1) is 38.8 Å². The zero-order valence-electron chi connectivity index (χ0n) is 17.7. The van der Waals surface area contributed by atoms with E-state index >= 15 is 0 Å². The molecule has 2 N–H and O–H groups in total. The number of morpholine rings is 1. The van der Waals surface area contributed by atoms with Gasteiger partial charge in [-0.2, -0.15) is 12.8 Å². The van der Waals surface area contributed by atoms with Crippen LogP contribution in [0.25, 0.3) is 0 Å². The largest absolute Gasteiger partial charge is 0.497 e. The number of aliphatic hydroxyl groups excluding tert-OH is 1. The number of allylic oxidation sites excluding steroid dienone is 1. The predicted molar refractivity (Wildman–Crippen MR) is 116 cm³/mol. The first kappa shape index (κ1) is 22.3. The molecule has 0 saturated carbocycles. The molecule has 1 saturated heterocycles. The summed E-state index contributed by atoms with van der Waals surface area (Å²) in [6, 6.07) is 11.2. The van der Waals surface area contributed by atoms with E-state index in [0.717, 1.165) is 0 Å². The second-order valence-electron chi connectivity index (χ2n) is 7.25. The maximum Gasteiger partial charge on any atom is 0.286 e. The monoisotopic (exact) mass is 460 g/mol. The summed E-state index contributed by atoms with van der Waals surface area (Å²) in [5.74, 6) is -1.29. The van der Waals surface area contributed by atoms with E-state index in [9.17, 15) is 18.6 Å². The Balaban J connectivity index is 1.91. The van der Waals surface area contributed by atoms with Gasteiger partial charge < -0.3 is 29.3 Å². The Morgan fingerprint density at radius 1 is 1.19 bits per heavy atom. The van der Waals surface area contributed by atoms with Gasteiger partial charge >= 0.3 is 0 Å². The standard InChI is InChI=1S/C22H24N2O7S/c1-29-15-7-8-19(30-2)20(13-15)32(27,28)23-18-14-21-22(26,17-6-4-3-5-16(17)18)31-12-10-24(21)9-11-25/h3-8,13-14,25-26H,9-12H2,1-2H3. The van der Waals surface area contributed by atoms with E-state index in [0.29, 0.717) is 29.1 Å². The Morgan fingerprint density at radius 2 is 1.97 bits per heavy atom. The van der Waals surface area contributed by atoms with Gasteiger partial charge in [-0.3, -0.25) is 0 Å². The Kier molecular flexibility index (Phi) is 5.95. The van der Waals surface area contributed by atoms with Crippen molar-refractivity contribution >= 4 is 15.7 Å². The quantitative estimate of drug-likeness (QED) is 0.661. The molecule has 170 valence electrons. The molecular weight excluding hydrogens is 436 g/mol. The molecule has 0 aromatic heterocycles. The minimum absolute atomic E-state index is 0.131. The molecule has 0 amide bonds. The average molecular weight is 461 g/mol. The summed E-state index contributed by atoms with van der Waals surface area (Å²) in [4.78, 5) is 1.61. The summed E-state index contributed by atoms with van der Waals surface area (Å²) >= 11 is 0. The highest BCUT2D eigenvalue weighted by molar-refractivity contribution is 7.90. The number of hydrogen-bond acceptors (Lipinski definition) is 8. The molecule has 2 aliphatic rings. The lowest BCUT2D eigenvalue weighted by Gasteiger charge is -2.45. The van der Waals surface area contributed by atoms with Gasteiger partial charge in [-0.25, -0.2) is 0 Å². The van der Waals surface area contributed by atoms with Crippen LogP contribution in [-0.2, 0) is 20.5 Å². The first-order valence-corrected chi connectivity index (χ1v) is 11.4. The lowest BCUT2D eigenvalue weighted by atomic mass is 9.86. The van der Waals surface area contributed by atoms with Crippen molar-refractivity contribution in [2.24, 2.45) is 4.40 Å². The Labute approximate surface area is 186 Å². The number of rotatable bonds is 6. The van der Waals surface area contributed by atoms with E-state index < -0.39 is 15.8 Å². The summed E-state index contributed by atoms with van der Waals surface area (Å²) in [7, 11) is -1.41. The van der Waals surface area contributed by atoms with Crippen molar-refractivity contribution in [2.75, 3.05) is 40.5 Å². The SMILES string of the molecule is COc1ccc(OC)c(S(=O)(=O)N=C2C=C3N(CCO)CCOC3(O)c3ccccc32)c1. The van der Waals surface area contributed by atoms with E-state index in [1.165, 1.54) is 32.4 Å². The van der Waals surface area contributed by atoms with E-state index in [1.54, 1.807) is 35.2 Å². The number of fused-ring (bicyclic) bond motifs is 3. The second kappa shape index (κ2) is 8.55. The van der Waals surface area contributed by atoms with Crippen LogP contribution < -0.4 is 9.47 Å². The van der Waals surface area contributed by atoms with Crippen molar-refractivity contribution in [3.05, 3.63) is 65.4 Å². The van der Waals surface area contributed by atoms with Crippen molar-refractivity contribution in [3.63, 3.8) is 0 Å². The molecule has 0 spiro atoms. The van der Waals surface area contributed by atoms with Crippen LogP contribution in [0.3, 0.4) is 0 Å². The number of β-amino-alcohol motifs (C(OH)–C–C–N with tert-alkyl or cyclic N) is 1. The van der Waals surface area contributed by atoms with Crippen LogP contribution in [-0.4, -0.2) is 69.8 Å². The number of benzene rings is 2.